The number of hydrogen-bond donors (Lipinski definition) is 0. The number of nitrogens with zero attached hydrogens (tertiary/aromatic N) is 3. The summed E-state index contributed by atoms with van der Waals surface area (Å²) in [6.45, 7) is 10.0. The van der Waals surface area contributed by atoms with Crippen LogP contribution in [0.25, 0.3) is 0 Å². The number of carbonyl (C=O) groups is 2. The monoisotopic (exact) mass is 431 g/mol. The summed E-state index contributed by atoms with van der Waals surface area (Å²) in [7, 11) is 1.39. The first-order valence-corrected chi connectivity index (χ1v) is 11.5. The largest absolute Gasteiger partial charge is 0.469 e. The van der Waals surface area contributed by atoms with Crippen LogP contribution in [0.5, 0.6) is 0 Å². The molecular weight excluding hydrogens is 394 g/mol. The molecule has 1 saturated carbocycles. The summed E-state index contributed by atoms with van der Waals surface area (Å²) in [5.74, 6) is -0.0933. The van der Waals surface area contributed by atoms with Gasteiger partial charge in [-0.15, -0.1) is 0 Å². The molecule has 2 atom stereocenters. The van der Waals surface area contributed by atoms with Crippen LogP contribution in [0.2, 0.25) is 0 Å². The Bertz CT molecular complexity index is 755. The lowest BCUT2D eigenvalue weighted by atomic mass is 9.84. The number of anilines is 1. The quantitative estimate of drug-likeness (QED) is 0.623. The maximum Gasteiger partial charge on any atom is 0.410 e. The third kappa shape index (κ3) is 6.11. The van der Waals surface area contributed by atoms with Crippen LogP contribution in [-0.2, 0) is 14.3 Å². The highest BCUT2D eigenvalue weighted by Crippen LogP contribution is 2.31. The van der Waals surface area contributed by atoms with E-state index < -0.39 is 11.5 Å². The van der Waals surface area contributed by atoms with E-state index in [2.05, 4.69) is 9.88 Å². The molecule has 1 amide bonds. The highest BCUT2D eigenvalue weighted by atomic mass is 16.6. The first-order chi connectivity index (χ1) is 14.7. The van der Waals surface area contributed by atoms with Gasteiger partial charge in [0.2, 0.25) is 0 Å². The van der Waals surface area contributed by atoms with Crippen molar-refractivity contribution in [3.63, 3.8) is 0 Å². The zero-order valence-corrected chi connectivity index (χ0v) is 19.6. The van der Waals surface area contributed by atoms with Crippen molar-refractivity contribution in [3.05, 3.63) is 24.0 Å². The average Bonchev–Trinajstić information content (AvgIpc) is 2.70. The second-order valence-corrected chi connectivity index (χ2v) is 9.86. The Morgan fingerprint density at radius 3 is 2.52 bits per heavy atom. The minimum Gasteiger partial charge on any atom is -0.469 e. The standard InChI is InChI=1S/C24H37N3O4/c1-17(22(28)30-5)21-12-11-19(14-25-21)26-13-7-10-20(16-26)27(15-18-8-6-9-18)23(29)31-24(2,3)4/h11-12,14,17-18,20H,6-10,13,15-16H2,1-5H3/t17?,20-/m1/s1. The van der Waals surface area contributed by atoms with E-state index in [4.69, 9.17) is 9.47 Å². The fraction of sp³-hybridized carbons (Fsp3) is 0.708. The van der Waals surface area contributed by atoms with Gasteiger partial charge < -0.3 is 19.3 Å². The maximum atomic E-state index is 13.0. The number of amides is 1. The van der Waals surface area contributed by atoms with Crippen molar-refractivity contribution in [2.45, 2.75) is 77.4 Å². The summed E-state index contributed by atoms with van der Waals surface area (Å²) in [5, 5.41) is 0. The van der Waals surface area contributed by atoms with Crippen LogP contribution in [0.3, 0.4) is 0 Å². The van der Waals surface area contributed by atoms with Crippen LogP contribution < -0.4 is 4.90 Å². The molecule has 1 aromatic heterocycles. The van der Waals surface area contributed by atoms with E-state index >= 15 is 0 Å². The smallest absolute Gasteiger partial charge is 0.410 e. The molecule has 31 heavy (non-hydrogen) atoms. The molecule has 0 spiro atoms. The molecule has 1 aromatic rings. The molecule has 7 nitrogen and oxygen atoms in total. The van der Waals surface area contributed by atoms with Crippen LogP contribution in [-0.4, -0.2) is 60.3 Å². The summed E-state index contributed by atoms with van der Waals surface area (Å²) >= 11 is 0. The zero-order valence-electron chi connectivity index (χ0n) is 19.6. The van der Waals surface area contributed by atoms with E-state index in [1.807, 2.05) is 44.0 Å². The molecule has 1 aliphatic heterocycles. The molecule has 2 aliphatic rings. The summed E-state index contributed by atoms with van der Waals surface area (Å²) < 4.78 is 10.6. The van der Waals surface area contributed by atoms with Gasteiger partial charge in [-0.2, -0.15) is 0 Å². The number of aromatic nitrogens is 1. The highest BCUT2D eigenvalue weighted by Gasteiger charge is 2.34. The van der Waals surface area contributed by atoms with Crippen molar-refractivity contribution >= 4 is 17.7 Å². The van der Waals surface area contributed by atoms with Gasteiger partial charge in [0, 0.05) is 19.6 Å². The van der Waals surface area contributed by atoms with Crippen LogP contribution >= 0.6 is 0 Å². The average molecular weight is 432 g/mol. The molecule has 3 rings (SSSR count). The number of rotatable bonds is 6. The van der Waals surface area contributed by atoms with Crippen molar-refractivity contribution in [1.82, 2.24) is 9.88 Å². The zero-order chi connectivity index (χ0) is 22.6. The van der Waals surface area contributed by atoms with Gasteiger partial charge in [0.25, 0.3) is 0 Å². The van der Waals surface area contributed by atoms with Crippen LogP contribution in [0.1, 0.15) is 71.4 Å². The Hall–Kier alpha value is -2.31. The molecule has 2 fully saturated rings. The Morgan fingerprint density at radius 2 is 1.97 bits per heavy atom. The predicted octanol–water partition coefficient (Wildman–Crippen LogP) is 4.36. The van der Waals surface area contributed by atoms with Gasteiger partial charge in [0.05, 0.1) is 36.6 Å². The maximum absolute atomic E-state index is 13.0. The second kappa shape index (κ2) is 9.88. The summed E-state index contributed by atoms with van der Waals surface area (Å²) in [4.78, 5) is 33.6. The molecular formula is C24H37N3O4. The lowest BCUT2D eigenvalue weighted by molar-refractivity contribution is -0.142. The van der Waals surface area contributed by atoms with Crippen molar-refractivity contribution in [3.8, 4) is 0 Å². The normalized spacial score (nSPS) is 20.5. The lowest BCUT2D eigenvalue weighted by Crippen LogP contribution is -2.53. The number of ether oxygens (including phenoxy) is 2. The molecule has 1 aliphatic carbocycles. The highest BCUT2D eigenvalue weighted by molar-refractivity contribution is 5.77. The molecule has 0 N–H and O–H groups in total. The Balaban J connectivity index is 1.70. The number of carbonyl (C=O) groups excluding carboxylic acids is 2. The van der Waals surface area contributed by atoms with Crippen molar-refractivity contribution in [2.75, 3.05) is 31.6 Å². The van der Waals surface area contributed by atoms with E-state index in [9.17, 15) is 9.59 Å². The first-order valence-electron chi connectivity index (χ1n) is 11.5. The molecule has 172 valence electrons. The molecule has 7 heteroatoms. The molecule has 0 aromatic carbocycles. The van der Waals surface area contributed by atoms with Gasteiger partial charge in [0.15, 0.2) is 0 Å². The van der Waals surface area contributed by atoms with Crippen LogP contribution in [0.4, 0.5) is 10.5 Å². The SMILES string of the molecule is COC(=O)C(C)c1ccc(N2CCC[C@@H](N(CC3CCC3)C(=O)OC(C)(C)C)C2)cn1. The van der Waals surface area contributed by atoms with Gasteiger partial charge in [-0.25, -0.2) is 4.79 Å². The molecule has 1 unspecified atom stereocenters. The topological polar surface area (TPSA) is 72.0 Å². The fourth-order valence-corrected chi connectivity index (χ4v) is 4.23. The Kier molecular flexibility index (Phi) is 7.44. The van der Waals surface area contributed by atoms with E-state index in [1.165, 1.54) is 26.4 Å². The van der Waals surface area contributed by atoms with Gasteiger partial charge in [0.1, 0.15) is 5.60 Å². The van der Waals surface area contributed by atoms with Crippen molar-refractivity contribution in [1.29, 1.82) is 0 Å². The number of esters is 1. The number of pyridine rings is 1. The Morgan fingerprint density at radius 1 is 1.23 bits per heavy atom. The summed E-state index contributed by atoms with van der Waals surface area (Å²) in [6.07, 6.45) is 7.25. The van der Waals surface area contributed by atoms with Crippen LogP contribution in [0, 0.1) is 5.92 Å². The first kappa shape index (κ1) is 23.4. The second-order valence-electron chi connectivity index (χ2n) is 9.86. The third-order valence-electron chi connectivity index (χ3n) is 6.28. The molecule has 0 bridgehead atoms. The van der Waals surface area contributed by atoms with Crippen LogP contribution in [0.15, 0.2) is 18.3 Å². The Labute approximate surface area is 186 Å². The molecule has 1 saturated heterocycles. The molecule has 0 radical (unpaired) electrons. The van der Waals surface area contributed by atoms with E-state index in [1.54, 1.807) is 6.92 Å². The molecule has 2 heterocycles. The van der Waals surface area contributed by atoms with Crippen molar-refractivity contribution < 1.29 is 19.1 Å². The number of hydrogen-bond acceptors (Lipinski definition) is 6. The lowest BCUT2D eigenvalue weighted by Gasteiger charge is -2.43. The summed E-state index contributed by atoms with van der Waals surface area (Å²) in [5.41, 5.74) is 1.21. The van der Waals surface area contributed by atoms with E-state index in [-0.39, 0.29) is 18.1 Å². The number of piperidine rings is 1. The van der Waals surface area contributed by atoms with Gasteiger partial charge in [-0.1, -0.05) is 6.42 Å². The number of methoxy groups -OCH3 is 1. The minimum absolute atomic E-state index is 0.123. The third-order valence-corrected chi connectivity index (χ3v) is 6.28. The van der Waals surface area contributed by atoms with E-state index in [0.29, 0.717) is 11.6 Å². The van der Waals surface area contributed by atoms with E-state index in [0.717, 1.165) is 38.2 Å². The summed E-state index contributed by atoms with van der Waals surface area (Å²) in [6, 6.07) is 4.02. The van der Waals surface area contributed by atoms with Gasteiger partial charge in [-0.3, -0.25) is 9.78 Å². The van der Waals surface area contributed by atoms with Gasteiger partial charge in [-0.05, 0) is 71.4 Å². The van der Waals surface area contributed by atoms with Crippen molar-refractivity contribution in [2.24, 2.45) is 5.92 Å². The fourth-order valence-electron chi connectivity index (χ4n) is 4.23. The minimum atomic E-state index is -0.501. The predicted molar refractivity (Wildman–Crippen MR) is 120 cm³/mol. The van der Waals surface area contributed by atoms with Gasteiger partial charge >= 0.3 is 12.1 Å².